The minimum atomic E-state index is -1.21. The van der Waals surface area contributed by atoms with Crippen LogP contribution in [0.25, 0.3) is 21.8 Å². The summed E-state index contributed by atoms with van der Waals surface area (Å²) in [5, 5.41) is 16.5. The Labute approximate surface area is 225 Å². The summed E-state index contributed by atoms with van der Waals surface area (Å²) in [5.41, 5.74) is 6.55. The summed E-state index contributed by atoms with van der Waals surface area (Å²) < 4.78 is 27.0. The smallest absolute Gasteiger partial charge is 0.274 e. The number of aromatic hydroxyl groups is 1. The van der Waals surface area contributed by atoms with Gasteiger partial charge in [0, 0.05) is 41.6 Å². The SMILES string of the molecule is NC(=O)[C@H](Cc1c[nH]c2ccc(F)cc12)NC(=O)c1nc(C(=O)NCc2ccc(F)cc2)c(O)c2ncccc12. The summed E-state index contributed by atoms with van der Waals surface area (Å²) in [4.78, 5) is 49.8. The van der Waals surface area contributed by atoms with Crippen molar-refractivity contribution in [3.05, 3.63) is 101 Å². The fraction of sp³-hybridized carbons (Fsp3) is 0.107. The van der Waals surface area contributed by atoms with Gasteiger partial charge < -0.3 is 26.5 Å². The first-order valence-corrected chi connectivity index (χ1v) is 12.1. The number of benzene rings is 2. The molecule has 0 aliphatic rings. The van der Waals surface area contributed by atoms with Crippen molar-refractivity contribution in [3.63, 3.8) is 0 Å². The Bertz CT molecular complexity index is 1770. The summed E-state index contributed by atoms with van der Waals surface area (Å²) >= 11 is 0. The fourth-order valence-corrected chi connectivity index (χ4v) is 4.31. The second-order valence-corrected chi connectivity index (χ2v) is 9.00. The van der Waals surface area contributed by atoms with E-state index in [4.69, 9.17) is 5.73 Å². The average molecular weight is 545 g/mol. The lowest BCUT2D eigenvalue weighted by Crippen LogP contribution is -2.46. The predicted octanol–water partition coefficient (Wildman–Crippen LogP) is 2.85. The van der Waals surface area contributed by atoms with Crippen molar-refractivity contribution >= 4 is 39.5 Å². The molecule has 1 atom stereocenters. The van der Waals surface area contributed by atoms with Gasteiger partial charge in [0.15, 0.2) is 11.4 Å². The molecule has 0 aliphatic heterocycles. The molecular weight excluding hydrogens is 522 g/mol. The number of aromatic amines is 1. The molecule has 0 fully saturated rings. The molecule has 0 aliphatic carbocycles. The lowest BCUT2D eigenvalue weighted by Gasteiger charge is -2.17. The molecule has 202 valence electrons. The number of rotatable bonds is 8. The number of amides is 3. The van der Waals surface area contributed by atoms with E-state index < -0.39 is 46.8 Å². The molecule has 10 nitrogen and oxygen atoms in total. The number of hydrogen-bond donors (Lipinski definition) is 5. The van der Waals surface area contributed by atoms with E-state index in [1.165, 1.54) is 54.7 Å². The van der Waals surface area contributed by atoms with Crippen LogP contribution in [0.4, 0.5) is 8.78 Å². The van der Waals surface area contributed by atoms with Gasteiger partial charge in [-0.05, 0) is 53.6 Å². The number of halogens is 2. The van der Waals surface area contributed by atoms with Crippen LogP contribution in [0.3, 0.4) is 0 Å². The number of fused-ring (bicyclic) bond motifs is 2. The molecule has 3 heterocycles. The lowest BCUT2D eigenvalue weighted by atomic mass is 10.0. The van der Waals surface area contributed by atoms with E-state index in [0.717, 1.165) is 0 Å². The highest BCUT2D eigenvalue weighted by molar-refractivity contribution is 6.10. The topological polar surface area (TPSA) is 163 Å². The first-order valence-electron chi connectivity index (χ1n) is 12.1. The number of primary amides is 1. The molecule has 3 aromatic heterocycles. The van der Waals surface area contributed by atoms with Crippen molar-refractivity contribution in [2.75, 3.05) is 0 Å². The molecule has 0 radical (unpaired) electrons. The van der Waals surface area contributed by atoms with Gasteiger partial charge in [-0.15, -0.1) is 0 Å². The summed E-state index contributed by atoms with van der Waals surface area (Å²) in [6.07, 6.45) is 2.91. The van der Waals surface area contributed by atoms with E-state index in [1.54, 1.807) is 12.3 Å². The van der Waals surface area contributed by atoms with Gasteiger partial charge in [0.2, 0.25) is 5.91 Å². The zero-order valence-electron chi connectivity index (χ0n) is 20.7. The zero-order chi connectivity index (χ0) is 28.4. The van der Waals surface area contributed by atoms with Crippen LogP contribution < -0.4 is 16.4 Å². The highest BCUT2D eigenvalue weighted by Crippen LogP contribution is 2.28. The number of hydrogen-bond acceptors (Lipinski definition) is 6. The quantitative estimate of drug-likeness (QED) is 0.202. The number of nitrogens with zero attached hydrogens (tertiary/aromatic N) is 2. The molecule has 40 heavy (non-hydrogen) atoms. The summed E-state index contributed by atoms with van der Waals surface area (Å²) in [5.74, 6) is -3.95. The Kier molecular flexibility index (Phi) is 7.06. The first kappa shape index (κ1) is 26.2. The van der Waals surface area contributed by atoms with E-state index in [-0.39, 0.29) is 29.6 Å². The van der Waals surface area contributed by atoms with Gasteiger partial charge in [-0.3, -0.25) is 19.4 Å². The standard InChI is InChI=1S/C28H22F2N6O4/c29-16-5-3-14(4-6-16)12-34-27(39)24-25(37)22-18(2-1-9-32-22)23(36-24)28(40)35-21(26(31)38)10-15-13-33-20-8-7-17(30)11-19(15)20/h1-9,11,13,21,33,37H,10,12H2,(H2,31,38)(H,34,39)(H,35,40)/t21-/m0/s1. The number of nitrogens with two attached hydrogens (primary N) is 1. The van der Waals surface area contributed by atoms with Crippen molar-refractivity contribution in [2.24, 2.45) is 5.73 Å². The van der Waals surface area contributed by atoms with E-state index in [2.05, 4.69) is 25.6 Å². The van der Waals surface area contributed by atoms with Crippen molar-refractivity contribution in [1.82, 2.24) is 25.6 Å². The van der Waals surface area contributed by atoms with Crippen LogP contribution in [0.1, 0.15) is 32.1 Å². The van der Waals surface area contributed by atoms with E-state index in [0.29, 0.717) is 22.0 Å². The molecule has 6 N–H and O–H groups in total. The molecule has 3 amide bonds. The van der Waals surface area contributed by atoms with E-state index in [1.807, 2.05) is 0 Å². The van der Waals surface area contributed by atoms with Gasteiger partial charge in [-0.1, -0.05) is 12.1 Å². The van der Waals surface area contributed by atoms with Gasteiger partial charge in [-0.25, -0.2) is 13.8 Å². The van der Waals surface area contributed by atoms with Crippen molar-refractivity contribution in [2.45, 2.75) is 19.0 Å². The maximum absolute atomic E-state index is 13.8. The Morgan fingerprint density at radius 2 is 1.73 bits per heavy atom. The Morgan fingerprint density at radius 1 is 0.975 bits per heavy atom. The van der Waals surface area contributed by atoms with Crippen LogP contribution in [-0.2, 0) is 17.8 Å². The number of aromatic nitrogens is 3. The first-order chi connectivity index (χ1) is 19.2. The van der Waals surface area contributed by atoms with Crippen LogP contribution in [0.15, 0.2) is 67.0 Å². The van der Waals surface area contributed by atoms with Gasteiger partial charge in [-0.2, -0.15) is 0 Å². The molecule has 12 heteroatoms. The van der Waals surface area contributed by atoms with Crippen LogP contribution in [0.5, 0.6) is 5.75 Å². The molecule has 0 spiro atoms. The lowest BCUT2D eigenvalue weighted by molar-refractivity contribution is -0.119. The number of pyridine rings is 2. The maximum atomic E-state index is 13.8. The molecule has 0 saturated heterocycles. The fourth-order valence-electron chi connectivity index (χ4n) is 4.31. The van der Waals surface area contributed by atoms with Crippen LogP contribution in [0.2, 0.25) is 0 Å². The molecule has 5 rings (SSSR count). The van der Waals surface area contributed by atoms with Crippen LogP contribution in [-0.4, -0.2) is 43.8 Å². The maximum Gasteiger partial charge on any atom is 0.274 e. The monoisotopic (exact) mass is 544 g/mol. The molecular formula is C28H22F2N6O4. The Morgan fingerprint density at radius 3 is 2.48 bits per heavy atom. The van der Waals surface area contributed by atoms with Crippen molar-refractivity contribution < 1.29 is 28.3 Å². The van der Waals surface area contributed by atoms with Gasteiger partial charge in [0.05, 0.1) is 0 Å². The normalized spacial score (nSPS) is 11.8. The second kappa shape index (κ2) is 10.8. The summed E-state index contributed by atoms with van der Waals surface area (Å²) in [6.45, 7) is -0.00299. The van der Waals surface area contributed by atoms with E-state index in [9.17, 15) is 28.3 Å². The van der Waals surface area contributed by atoms with E-state index >= 15 is 0 Å². The second-order valence-electron chi connectivity index (χ2n) is 9.00. The number of H-pyrrole nitrogens is 1. The summed E-state index contributed by atoms with van der Waals surface area (Å²) in [7, 11) is 0. The number of carbonyl (C=O) groups excluding carboxylic acids is 3. The predicted molar refractivity (Wildman–Crippen MR) is 141 cm³/mol. The van der Waals surface area contributed by atoms with Crippen LogP contribution in [0, 0.1) is 11.6 Å². The highest BCUT2D eigenvalue weighted by Gasteiger charge is 2.26. The van der Waals surface area contributed by atoms with Crippen LogP contribution >= 0.6 is 0 Å². The highest BCUT2D eigenvalue weighted by atomic mass is 19.1. The Hall–Kier alpha value is -5.39. The minimum absolute atomic E-state index is 0.00299. The third kappa shape index (κ3) is 5.27. The van der Waals surface area contributed by atoms with Gasteiger partial charge >= 0.3 is 0 Å². The molecule has 5 aromatic rings. The number of nitrogens with one attached hydrogen (secondary N) is 3. The number of carbonyl (C=O) groups is 3. The van der Waals surface area contributed by atoms with Gasteiger partial charge in [0.1, 0.15) is 28.9 Å². The molecule has 0 saturated carbocycles. The third-order valence-electron chi connectivity index (χ3n) is 6.33. The molecule has 0 unspecified atom stereocenters. The summed E-state index contributed by atoms with van der Waals surface area (Å²) in [6, 6.07) is 11.4. The third-order valence-corrected chi connectivity index (χ3v) is 6.33. The zero-order valence-corrected chi connectivity index (χ0v) is 20.7. The Balaban J connectivity index is 1.44. The molecule has 0 bridgehead atoms. The molecule has 2 aromatic carbocycles. The largest absolute Gasteiger partial charge is 0.504 e. The van der Waals surface area contributed by atoms with Crippen molar-refractivity contribution in [1.29, 1.82) is 0 Å². The average Bonchev–Trinajstić information content (AvgIpc) is 3.34. The van der Waals surface area contributed by atoms with Crippen molar-refractivity contribution in [3.8, 4) is 5.75 Å². The minimum Gasteiger partial charge on any atom is -0.504 e. The van der Waals surface area contributed by atoms with Gasteiger partial charge in [0.25, 0.3) is 11.8 Å².